The van der Waals surface area contributed by atoms with Crippen LogP contribution in [0.3, 0.4) is 0 Å². The van der Waals surface area contributed by atoms with Gasteiger partial charge in [-0.05, 0) is 36.4 Å². The smallest absolute Gasteiger partial charge is 0.314 e. The van der Waals surface area contributed by atoms with Crippen LogP contribution in [0.15, 0.2) is 42.5 Å². The molecule has 0 aliphatic rings. The summed E-state index contributed by atoms with van der Waals surface area (Å²) >= 11 is 11.4. The van der Waals surface area contributed by atoms with Gasteiger partial charge in [-0.2, -0.15) is 0 Å². The summed E-state index contributed by atoms with van der Waals surface area (Å²) in [7, 11) is 0. The largest absolute Gasteiger partial charge is 0.318 e. The van der Waals surface area contributed by atoms with E-state index in [9.17, 15) is 14.0 Å². The van der Waals surface area contributed by atoms with Crippen LogP contribution in [-0.4, -0.2) is 11.8 Å². The summed E-state index contributed by atoms with van der Waals surface area (Å²) in [4.78, 5) is 23.4. The van der Waals surface area contributed by atoms with Gasteiger partial charge in [0, 0.05) is 16.4 Å². The molecule has 0 aliphatic carbocycles. The van der Waals surface area contributed by atoms with Gasteiger partial charge in [0.1, 0.15) is 5.82 Å². The lowest BCUT2D eigenvalue weighted by Crippen LogP contribution is -2.29. The van der Waals surface area contributed by atoms with Gasteiger partial charge < -0.3 is 10.6 Å². The topological polar surface area (TPSA) is 58.2 Å². The first-order chi connectivity index (χ1) is 9.95. The van der Waals surface area contributed by atoms with E-state index in [0.717, 1.165) is 6.07 Å². The molecule has 0 radical (unpaired) electrons. The Morgan fingerprint density at radius 2 is 1.52 bits per heavy atom. The highest BCUT2D eigenvalue weighted by atomic mass is 35.5. The summed E-state index contributed by atoms with van der Waals surface area (Å²) in [5.41, 5.74) is 0.604. The van der Waals surface area contributed by atoms with Gasteiger partial charge in [-0.1, -0.05) is 29.3 Å². The summed E-state index contributed by atoms with van der Waals surface area (Å²) in [6.45, 7) is 0. The Balaban J connectivity index is 2.02. The number of carbonyl (C=O) groups excluding carboxylic acids is 2. The van der Waals surface area contributed by atoms with E-state index in [1.165, 1.54) is 18.2 Å². The Hall–Kier alpha value is -2.11. The molecule has 2 amide bonds. The van der Waals surface area contributed by atoms with Crippen LogP contribution in [0.1, 0.15) is 0 Å². The molecule has 0 aliphatic heterocycles. The molecule has 108 valence electrons. The highest BCUT2D eigenvalue weighted by Crippen LogP contribution is 2.19. The molecule has 0 aromatic heterocycles. The molecule has 0 heterocycles. The fourth-order valence-corrected chi connectivity index (χ4v) is 1.89. The second-order valence-corrected chi connectivity index (χ2v) is 4.89. The summed E-state index contributed by atoms with van der Waals surface area (Å²) in [5, 5.41) is 4.98. The third-order valence-corrected chi connectivity index (χ3v) is 2.99. The molecule has 0 unspecified atom stereocenters. The van der Waals surface area contributed by atoms with E-state index in [-0.39, 0.29) is 10.7 Å². The average Bonchev–Trinajstić information content (AvgIpc) is 2.43. The van der Waals surface area contributed by atoms with Crippen molar-refractivity contribution in [3.63, 3.8) is 0 Å². The zero-order valence-corrected chi connectivity index (χ0v) is 12.0. The minimum absolute atomic E-state index is 0.150. The Morgan fingerprint density at radius 1 is 0.905 bits per heavy atom. The zero-order valence-electron chi connectivity index (χ0n) is 10.5. The number of hydrogen-bond donors (Lipinski definition) is 2. The molecular formula is C14H9Cl2FN2O2. The van der Waals surface area contributed by atoms with Crippen molar-refractivity contribution in [2.75, 3.05) is 10.6 Å². The Kier molecular flexibility index (Phi) is 4.77. The van der Waals surface area contributed by atoms with Crippen LogP contribution >= 0.6 is 23.2 Å². The summed E-state index contributed by atoms with van der Waals surface area (Å²) in [6.07, 6.45) is 0. The van der Waals surface area contributed by atoms with Crippen molar-refractivity contribution in [1.29, 1.82) is 0 Å². The highest BCUT2D eigenvalue weighted by Gasteiger charge is 2.14. The quantitative estimate of drug-likeness (QED) is 0.826. The Morgan fingerprint density at radius 3 is 2.10 bits per heavy atom. The summed E-state index contributed by atoms with van der Waals surface area (Å²) in [5.74, 6) is -2.39. The molecule has 0 spiro atoms. The van der Waals surface area contributed by atoms with Gasteiger partial charge >= 0.3 is 11.8 Å². The number of amides is 2. The van der Waals surface area contributed by atoms with E-state index >= 15 is 0 Å². The molecule has 0 atom stereocenters. The van der Waals surface area contributed by atoms with E-state index in [2.05, 4.69) is 10.6 Å². The third kappa shape index (κ3) is 4.18. The molecule has 0 bridgehead atoms. The third-order valence-electron chi connectivity index (χ3n) is 2.47. The predicted octanol–water partition coefficient (Wildman–Crippen LogP) is 3.71. The number of carbonyl (C=O) groups is 2. The molecule has 2 aromatic rings. The minimum Gasteiger partial charge on any atom is -0.318 e. The molecule has 2 aromatic carbocycles. The predicted molar refractivity (Wildman–Crippen MR) is 80.1 cm³/mol. The number of nitrogens with one attached hydrogen (secondary N) is 2. The van der Waals surface area contributed by atoms with Crippen molar-refractivity contribution < 1.29 is 14.0 Å². The Bertz CT molecular complexity index is 707. The molecule has 0 fully saturated rings. The van der Waals surface area contributed by atoms with Crippen LogP contribution in [0.5, 0.6) is 0 Å². The van der Waals surface area contributed by atoms with Crippen LogP contribution in [0.4, 0.5) is 15.8 Å². The normalized spacial score (nSPS) is 10.0. The molecular weight excluding hydrogens is 318 g/mol. The monoisotopic (exact) mass is 326 g/mol. The van der Waals surface area contributed by atoms with Gasteiger partial charge in [-0.25, -0.2) is 4.39 Å². The molecule has 4 nitrogen and oxygen atoms in total. The number of rotatable bonds is 2. The van der Waals surface area contributed by atoms with Crippen molar-refractivity contribution in [2.24, 2.45) is 0 Å². The Labute approximate surface area is 129 Å². The van der Waals surface area contributed by atoms with Crippen LogP contribution in [0, 0.1) is 5.82 Å². The molecule has 2 N–H and O–H groups in total. The average molecular weight is 327 g/mol. The van der Waals surface area contributed by atoms with Crippen LogP contribution in [-0.2, 0) is 9.59 Å². The molecule has 21 heavy (non-hydrogen) atoms. The lowest BCUT2D eigenvalue weighted by Gasteiger charge is -2.07. The van der Waals surface area contributed by atoms with Crippen LogP contribution in [0.25, 0.3) is 0 Å². The van der Waals surface area contributed by atoms with Gasteiger partial charge in [-0.15, -0.1) is 0 Å². The van der Waals surface area contributed by atoms with Crippen molar-refractivity contribution in [1.82, 2.24) is 0 Å². The number of benzene rings is 2. The maximum Gasteiger partial charge on any atom is 0.314 e. The maximum atomic E-state index is 13.0. The lowest BCUT2D eigenvalue weighted by molar-refractivity contribution is -0.132. The summed E-state index contributed by atoms with van der Waals surface area (Å²) < 4.78 is 13.0. The van der Waals surface area contributed by atoms with Crippen LogP contribution < -0.4 is 10.6 Å². The number of hydrogen-bond acceptors (Lipinski definition) is 2. The zero-order chi connectivity index (χ0) is 15.4. The highest BCUT2D eigenvalue weighted by molar-refractivity contribution is 6.44. The molecule has 7 heteroatoms. The van der Waals surface area contributed by atoms with E-state index in [1.54, 1.807) is 18.2 Å². The second kappa shape index (κ2) is 6.56. The van der Waals surface area contributed by atoms with Gasteiger partial charge in [0.15, 0.2) is 0 Å². The van der Waals surface area contributed by atoms with Gasteiger partial charge in [0.05, 0.1) is 5.02 Å². The molecule has 0 saturated carbocycles. The first-order valence-corrected chi connectivity index (χ1v) is 6.54. The first kappa shape index (κ1) is 15.3. The van der Waals surface area contributed by atoms with Crippen molar-refractivity contribution in [3.05, 3.63) is 58.3 Å². The van der Waals surface area contributed by atoms with Crippen LogP contribution in [0.2, 0.25) is 10.0 Å². The van der Waals surface area contributed by atoms with Gasteiger partial charge in [0.25, 0.3) is 0 Å². The van der Waals surface area contributed by atoms with Crippen molar-refractivity contribution in [3.8, 4) is 0 Å². The van der Waals surface area contributed by atoms with E-state index in [1.807, 2.05) is 0 Å². The number of halogens is 3. The first-order valence-electron chi connectivity index (χ1n) is 5.78. The van der Waals surface area contributed by atoms with E-state index < -0.39 is 17.6 Å². The second-order valence-electron chi connectivity index (χ2n) is 4.05. The van der Waals surface area contributed by atoms with E-state index in [4.69, 9.17) is 23.2 Å². The summed E-state index contributed by atoms with van der Waals surface area (Å²) in [6, 6.07) is 9.96. The minimum atomic E-state index is -0.905. The fourth-order valence-electron chi connectivity index (χ4n) is 1.52. The molecule has 2 rings (SSSR count). The van der Waals surface area contributed by atoms with Crippen molar-refractivity contribution in [2.45, 2.75) is 0 Å². The number of anilines is 2. The standard InChI is InChI=1S/C14H9Cl2FN2O2/c15-8-2-1-3-9(6-8)18-13(20)14(21)19-10-4-5-12(17)11(16)7-10/h1-7H,(H,18,20)(H,19,21). The van der Waals surface area contributed by atoms with Gasteiger partial charge in [-0.3, -0.25) is 9.59 Å². The van der Waals surface area contributed by atoms with Crippen molar-refractivity contribution >= 4 is 46.4 Å². The lowest BCUT2D eigenvalue weighted by atomic mass is 10.3. The molecule has 0 saturated heterocycles. The maximum absolute atomic E-state index is 13.0. The van der Waals surface area contributed by atoms with E-state index in [0.29, 0.717) is 10.7 Å². The SMILES string of the molecule is O=C(Nc1cccc(Cl)c1)C(=O)Nc1ccc(F)c(Cl)c1. The fraction of sp³-hybridized carbons (Fsp3) is 0. The van der Waals surface area contributed by atoms with Gasteiger partial charge in [0.2, 0.25) is 0 Å².